The van der Waals surface area contributed by atoms with Crippen molar-refractivity contribution in [2.45, 2.75) is 64.8 Å². The Morgan fingerprint density at radius 1 is 1.20 bits per heavy atom. The van der Waals surface area contributed by atoms with Gasteiger partial charge in [-0.2, -0.15) is 5.10 Å². The van der Waals surface area contributed by atoms with Gasteiger partial charge in [-0.1, -0.05) is 19.4 Å². The van der Waals surface area contributed by atoms with Crippen LogP contribution in [-0.4, -0.2) is 21.7 Å². The molecule has 0 bridgehead atoms. The van der Waals surface area contributed by atoms with Crippen molar-refractivity contribution in [2.24, 2.45) is 11.7 Å². The van der Waals surface area contributed by atoms with Crippen LogP contribution in [0.3, 0.4) is 0 Å². The maximum atomic E-state index is 6.48. The molecule has 2 heterocycles. The maximum Gasteiger partial charge on any atom is 0.163 e. The quantitative estimate of drug-likeness (QED) is 0.615. The van der Waals surface area contributed by atoms with E-state index in [2.05, 4.69) is 37.4 Å². The molecule has 6 heteroatoms. The van der Waals surface area contributed by atoms with Crippen LogP contribution in [-0.2, 0) is 6.42 Å². The summed E-state index contributed by atoms with van der Waals surface area (Å²) in [6.07, 6.45) is 5.98. The number of rotatable bonds is 4. The molecule has 2 aliphatic rings. The number of hydrogen-bond donors (Lipinski definition) is 1. The Morgan fingerprint density at radius 2 is 1.97 bits per heavy atom. The fraction of sp³-hybridized carbons (Fsp3) is 0.500. The summed E-state index contributed by atoms with van der Waals surface area (Å²) < 4.78 is 7.55. The predicted octanol–water partition coefficient (Wildman–Crippen LogP) is 5.29. The Bertz CT molecular complexity index is 1100. The summed E-state index contributed by atoms with van der Waals surface area (Å²) in [7, 11) is 1.70. The van der Waals surface area contributed by atoms with E-state index in [1.165, 1.54) is 41.6 Å². The van der Waals surface area contributed by atoms with Crippen LogP contribution < -0.4 is 10.5 Å². The molecule has 1 saturated carbocycles. The number of aromatic nitrogens is 3. The third-order valence-electron chi connectivity index (χ3n) is 7.16. The van der Waals surface area contributed by atoms with E-state index in [9.17, 15) is 0 Å². The molecule has 2 aromatic heterocycles. The smallest absolute Gasteiger partial charge is 0.163 e. The third kappa shape index (κ3) is 3.10. The SMILES string of the molecule is COc1ccc(-c2c(C)nn3c(C(C)C4CCC4)c4c(nc23)C(N)CC4)c(C)c1.Cl. The van der Waals surface area contributed by atoms with Crippen LogP contribution >= 0.6 is 12.4 Å². The van der Waals surface area contributed by atoms with Crippen molar-refractivity contribution in [3.05, 3.63) is 46.4 Å². The molecule has 5 nitrogen and oxygen atoms in total. The van der Waals surface area contributed by atoms with Crippen LogP contribution in [0.5, 0.6) is 5.75 Å². The maximum absolute atomic E-state index is 6.48. The van der Waals surface area contributed by atoms with Gasteiger partial charge in [0.15, 0.2) is 5.65 Å². The monoisotopic (exact) mass is 426 g/mol. The molecule has 0 aliphatic heterocycles. The molecule has 2 unspecified atom stereocenters. The first kappa shape index (κ1) is 21.1. The van der Waals surface area contributed by atoms with Gasteiger partial charge in [0, 0.05) is 17.5 Å². The standard InChI is InChI=1S/C24H30N4O.ClH/c1-13-12-17(29-4)8-9-18(13)21-15(3)27-28-23(14(2)16-6-5-7-16)19-10-11-20(25)22(19)26-24(21)28;/h8-9,12,14,16,20H,5-7,10-11,25H2,1-4H3;1H. The van der Waals surface area contributed by atoms with Crippen LogP contribution in [0.2, 0.25) is 0 Å². The summed E-state index contributed by atoms with van der Waals surface area (Å²) in [5.41, 5.74) is 15.7. The van der Waals surface area contributed by atoms with Crippen molar-refractivity contribution in [3.8, 4) is 16.9 Å². The first-order valence-electron chi connectivity index (χ1n) is 10.8. The van der Waals surface area contributed by atoms with Gasteiger partial charge < -0.3 is 10.5 Å². The molecule has 0 radical (unpaired) electrons. The van der Waals surface area contributed by atoms with Crippen molar-refractivity contribution in [1.82, 2.24) is 14.6 Å². The van der Waals surface area contributed by atoms with E-state index in [0.717, 1.165) is 47.1 Å². The number of nitrogens with zero attached hydrogens (tertiary/aromatic N) is 3. The van der Waals surface area contributed by atoms with Crippen molar-refractivity contribution in [1.29, 1.82) is 0 Å². The Hall–Kier alpha value is -2.11. The summed E-state index contributed by atoms with van der Waals surface area (Å²) in [6, 6.07) is 6.25. The van der Waals surface area contributed by atoms with Gasteiger partial charge in [0.1, 0.15) is 5.75 Å². The zero-order chi connectivity index (χ0) is 20.3. The molecular weight excluding hydrogens is 396 g/mol. The van der Waals surface area contributed by atoms with E-state index in [-0.39, 0.29) is 18.4 Å². The minimum Gasteiger partial charge on any atom is -0.497 e. The van der Waals surface area contributed by atoms with Crippen LogP contribution in [0.1, 0.15) is 72.8 Å². The minimum atomic E-state index is 0. The van der Waals surface area contributed by atoms with Crippen molar-refractivity contribution in [3.63, 3.8) is 0 Å². The second kappa shape index (κ2) is 7.86. The van der Waals surface area contributed by atoms with E-state index < -0.39 is 0 Å². The zero-order valence-electron chi connectivity index (χ0n) is 18.2. The van der Waals surface area contributed by atoms with Crippen LogP contribution in [0.25, 0.3) is 16.8 Å². The van der Waals surface area contributed by atoms with Gasteiger partial charge in [0.25, 0.3) is 0 Å². The average molecular weight is 427 g/mol. The van der Waals surface area contributed by atoms with Gasteiger partial charge in [0.2, 0.25) is 0 Å². The van der Waals surface area contributed by atoms with Gasteiger partial charge in [-0.05, 0) is 74.3 Å². The van der Waals surface area contributed by atoms with Crippen LogP contribution in [0.15, 0.2) is 18.2 Å². The molecule has 2 atom stereocenters. The molecule has 2 aliphatic carbocycles. The Kier molecular flexibility index (Phi) is 5.54. The zero-order valence-corrected chi connectivity index (χ0v) is 19.1. The highest BCUT2D eigenvalue weighted by molar-refractivity contribution is 5.85. The Morgan fingerprint density at radius 3 is 2.60 bits per heavy atom. The van der Waals surface area contributed by atoms with E-state index in [1.54, 1.807) is 7.11 Å². The number of halogens is 1. The lowest BCUT2D eigenvalue weighted by atomic mass is 9.74. The van der Waals surface area contributed by atoms with E-state index >= 15 is 0 Å². The fourth-order valence-corrected chi connectivity index (χ4v) is 5.22. The summed E-state index contributed by atoms with van der Waals surface area (Å²) in [5.74, 6) is 2.10. The molecule has 0 spiro atoms. The van der Waals surface area contributed by atoms with Crippen LogP contribution in [0.4, 0.5) is 0 Å². The summed E-state index contributed by atoms with van der Waals surface area (Å²) >= 11 is 0. The third-order valence-corrected chi connectivity index (χ3v) is 7.16. The average Bonchev–Trinajstić information content (AvgIpc) is 3.18. The second-order valence-electron chi connectivity index (χ2n) is 8.86. The minimum absolute atomic E-state index is 0. The van der Waals surface area contributed by atoms with Gasteiger partial charge in [0.05, 0.1) is 24.2 Å². The molecular formula is C24H31ClN4O. The highest BCUT2D eigenvalue weighted by atomic mass is 35.5. The molecule has 0 amide bonds. The number of aryl methyl sites for hydroxylation is 2. The summed E-state index contributed by atoms with van der Waals surface area (Å²) in [4.78, 5) is 5.11. The summed E-state index contributed by atoms with van der Waals surface area (Å²) in [6.45, 7) is 6.59. The van der Waals surface area contributed by atoms with Crippen molar-refractivity contribution >= 4 is 18.1 Å². The summed E-state index contributed by atoms with van der Waals surface area (Å²) in [5, 5.41) is 5.02. The Labute approximate surface area is 184 Å². The fourth-order valence-electron chi connectivity index (χ4n) is 5.22. The van der Waals surface area contributed by atoms with Gasteiger partial charge >= 0.3 is 0 Å². The number of ether oxygens (including phenoxy) is 1. The van der Waals surface area contributed by atoms with Crippen molar-refractivity contribution in [2.75, 3.05) is 7.11 Å². The van der Waals surface area contributed by atoms with Gasteiger partial charge in [-0.15, -0.1) is 12.4 Å². The van der Waals surface area contributed by atoms with Crippen LogP contribution in [0, 0.1) is 19.8 Å². The molecule has 0 saturated heterocycles. The van der Waals surface area contributed by atoms with Crippen molar-refractivity contribution < 1.29 is 4.74 Å². The lowest BCUT2D eigenvalue weighted by molar-refractivity contribution is 0.266. The molecule has 160 valence electrons. The second-order valence-corrected chi connectivity index (χ2v) is 8.86. The molecule has 1 fully saturated rings. The number of nitrogens with two attached hydrogens (primary N) is 1. The first-order chi connectivity index (χ1) is 14.0. The molecule has 3 aromatic rings. The highest BCUT2D eigenvalue weighted by Gasteiger charge is 2.34. The van der Waals surface area contributed by atoms with E-state index in [1.807, 2.05) is 6.07 Å². The number of benzene rings is 1. The largest absolute Gasteiger partial charge is 0.497 e. The normalized spacial score (nSPS) is 19.3. The first-order valence-corrected chi connectivity index (χ1v) is 10.8. The molecule has 5 rings (SSSR count). The molecule has 2 N–H and O–H groups in total. The molecule has 30 heavy (non-hydrogen) atoms. The lowest BCUT2D eigenvalue weighted by Crippen LogP contribution is -2.22. The van der Waals surface area contributed by atoms with E-state index in [4.69, 9.17) is 20.6 Å². The topological polar surface area (TPSA) is 65.4 Å². The number of hydrogen-bond acceptors (Lipinski definition) is 4. The molecule has 1 aromatic carbocycles. The predicted molar refractivity (Wildman–Crippen MR) is 123 cm³/mol. The number of methoxy groups -OCH3 is 1. The lowest BCUT2D eigenvalue weighted by Gasteiger charge is -2.32. The van der Waals surface area contributed by atoms with Gasteiger partial charge in [-0.25, -0.2) is 9.50 Å². The highest BCUT2D eigenvalue weighted by Crippen LogP contribution is 2.44. The Balaban J connectivity index is 0.00000218. The van der Waals surface area contributed by atoms with E-state index in [0.29, 0.717) is 5.92 Å². The van der Waals surface area contributed by atoms with Gasteiger partial charge in [-0.3, -0.25) is 0 Å². The number of fused-ring (bicyclic) bond motifs is 2.